The molecular formula is C4H4BOY4-. The Kier molecular flexibility index (Phi) is 67.3. The monoisotopic (exact) mass is 435 g/mol. The first kappa shape index (κ1) is 29.2. The van der Waals surface area contributed by atoms with E-state index in [0.29, 0.717) is 0 Å². The molecule has 6 heteroatoms. The Morgan fingerprint density at radius 2 is 1.60 bits per heavy atom. The van der Waals surface area contributed by atoms with Gasteiger partial charge in [-0.1, -0.05) is 12.6 Å². The van der Waals surface area contributed by atoms with Gasteiger partial charge in [0, 0.05) is 131 Å². The molecule has 0 heterocycles. The minimum atomic E-state index is -0.516. The second-order valence-electron chi connectivity index (χ2n) is 0.797. The van der Waals surface area contributed by atoms with Gasteiger partial charge in [-0.25, -0.2) is 0 Å². The standard InChI is InChI=1S/C4H4BO.4Y/c1-2-3-4(5)6;;;;/h2H,1H3;;;;/q-1;;;;. The molecule has 0 unspecified atom stereocenters. The van der Waals surface area contributed by atoms with Crippen molar-refractivity contribution in [2.45, 2.75) is 6.92 Å². The maximum absolute atomic E-state index is 9.68. The minimum Gasteiger partial charge on any atom is -0.443 e. The molecule has 0 saturated carbocycles. The van der Waals surface area contributed by atoms with E-state index >= 15 is 0 Å². The summed E-state index contributed by atoms with van der Waals surface area (Å²) in [6.45, 7) is 1.69. The van der Waals surface area contributed by atoms with Crippen molar-refractivity contribution in [3.8, 4) is 0 Å². The van der Waals surface area contributed by atoms with Crippen molar-refractivity contribution in [3.63, 3.8) is 0 Å². The summed E-state index contributed by atoms with van der Waals surface area (Å²) >= 11 is 0. The Morgan fingerprint density at radius 1 is 1.30 bits per heavy atom. The second kappa shape index (κ2) is 23.1. The van der Waals surface area contributed by atoms with Crippen LogP contribution in [0.5, 0.6) is 0 Å². The summed E-state index contributed by atoms with van der Waals surface area (Å²) in [4.78, 5) is 9.68. The largest absolute Gasteiger partial charge is 0.443 e. The van der Waals surface area contributed by atoms with Gasteiger partial charge in [-0.2, -0.15) is 0 Å². The van der Waals surface area contributed by atoms with Gasteiger partial charge < -0.3 is 10.9 Å². The van der Waals surface area contributed by atoms with Gasteiger partial charge in [0.2, 0.25) is 0 Å². The third-order valence-corrected chi connectivity index (χ3v) is 0.287. The number of allylic oxidation sites excluding steroid dienone is 2. The van der Waals surface area contributed by atoms with Gasteiger partial charge in [0.05, 0.1) is 0 Å². The number of hydrogen-bond donors (Lipinski definition) is 0. The smallest absolute Gasteiger partial charge is 0.118 e. The van der Waals surface area contributed by atoms with Crippen LogP contribution in [-0.2, 0) is 136 Å². The molecule has 0 aromatic rings. The average molecular weight is 435 g/mol. The first-order valence-corrected chi connectivity index (χ1v) is 1.61. The molecule has 0 aliphatic rings. The molecule has 0 atom stereocenters. The molecule has 0 aromatic heterocycles. The third-order valence-electron chi connectivity index (χ3n) is 0.287. The summed E-state index contributed by atoms with van der Waals surface area (Å²) in [5.41, 5.74) is -0.516. The Labute approximate surface area is 164 Å². The first-order chi connectivity index (χ1) is 2.77. The fourth-order valence-corrected chi connectivity index (χ4v) is 0.142. The molecular weight excluding hydrogens is 430 g/mol. The van der Waals surface area contributed by atoms with E-state index in [9.17, 15) is 4.79 Å². The maximum Gasteiger partial charge on any atom is 0.118 e. The van der Waals surface area contributed by atoms with E-state index in [1.54, 1.807) is 6.92 Å². The molecule has 0 fully saturated rings. The molecule has 42 valence electrons. The van der Waals surface area contributed by atoms with Crippen molar-refractivity contribution >= 4 is 13.5 Å². The van der Waals surface area contributed by atoms with Crippen LogP contribution < -0.4 is 0 Å². The predicted octanol–water partition coefficient (Wildman–Crippen LogP) is 0.0508. The number of hydrogen-bond acceptors (Lipinski definition) is 1. The summed E-state index contributed by atoms with van der Waals surface area (Å²) in [6, 6.07) is 0. The molecule has 1 nitrogen and oxygen atoms in total. The van der Waals surface area contributed by atoms with E-state index in [-0.39, 0.29) is 131 Å². The topological polar surface area (TPSA) is 17.1 Å². The number of rotatable bonds is 1. The molecule has 0 saturated heterocycles. The SMILES string of the molecule is [B]C(=O)[C-]=CC.[Y].[Y].[Y].[Y]. The summed E-state index contributed by atoms with van der Waals surface area (Å²) in [6.07, 6.45) is 3.70. The molecule has 0 spiro atoms. The van der Waals surface area contributed by atoms with E-state index in [4.69, 9.17) is 0 Å². The van der Waals surface area contributed by atoms with Crippen LogP contribution in [0.3, 0.4) is 0 Å². The first-order valence-electron chi connectivity index (χ1n) is 1.61. The van der Waals surface area contributed by atoms with Gasteiger partial charge in [0.15, 0.2) is 0 Å². The Morgan fingerprint density at radius 3 is 1.60 bits per heavy atom. The van der Waals surface area contributed by atoms with Crippen LogP contribution in [0.25, 0.3) is 0 Å². The molecule has 0 aromatic carbocycles. The maximum atomic E-state index is 9.68. The summed E-state index contributed by atoms with van der Waals surface area (Å²) < 4.78 is 0. The van der Waals surface area contributed by atoms with Crippen molar-refractivity contribution < 1.29 is 136 Å². The Balaban J connectivity index is -0.0000000208. The van der Waals surface area contributed by atoms with Gasteiger partial charge in [-0.15, -0.1) is 0 Å². The third kappa shape index (κ3) is 29.7. The van der Waals surface area contributed by atoms with Crippen LogP contribution in [0.15, 0.2) is 6.08 Å². The molecule has 0 amide bonds. The average Bonchev–Trinajstić information content (AvgIpc) is 1.35. The number of carbonyl (C=O) groups excluding carboxylic acids is 1. The van der Waals surface area contributed by atoms with E-state index < -0.39 is 5.68 Å². The summed E-state index contributed by atoms with van der Waals surface area (Å²) in [7, 11) is 4.62. The summed E-state index contributed by atoms with van der Waals surface area (Å²) in [5.74, 6) is 0. The summed E-state index contributed by atoms with van der Waals surface area (Å²) in [5, 5.41) is 0. The van der Waals surface area contributed by atoms with Gasteiger partial charge in [0.25, 0.3) is 0 Å². The van der Waals surface area contributed by atoms with E-state index in [0.717, 1.165) is 0 Å². The molecule has 0 rings (SSSR count). The fourth-order valence-electron chi connectivity index (χ4n) is 0.142. The van der Waals surface area contributed by atoms with Gasteiger partial charge in [-0.3, -0.25) is 6.08 Å². The van der Waals surface area contributed by atoms with Crippen molar-refractivity contribution in [3.05, 3.63) is 12.2 Å². The van der Waals surface area contributed by atoms with Crippen LogP contribution in [0.4, 0.5) is 0 Å². The van der Waals surface area contributed by atoms with Crippen molar-refractivity contribution in [2.24, 2.45) is 0 Å². The van der Waals surface area contributed by atoms with Gasteiger partial charge >= 0.3 is 0 Å². The van der Waals surface area contributed by atoms with E-state index in [1.807, 2.05) is 0 Å². The quantitative estimate of drug-likeness (QED) is 0.324. The van der Waals surface area contributed by atoms with Crippen LogP contribution >= 0.6 is 0 Å². The second-order valence-corrected chi connectivity index (χ2v) is 0.797. The molecule has 6 radical (unpaired) electrons. The van der Waals surface area contributed by atoms with Crippen LogP contribution in [0.1, 0.15) is 6.92 Å². The van der Waals surface area contributed by atoms with Crippen molar-refractivity contribution in [2.75, 3.05) is 0 Å². The predicted molar refractivity (Wildman–Crippen MR) is 24.2 cm³/mol. The molecule has 0 bridgehead atoms. The van der Waals surface area contributed by atoms with Crippen LogP contribution in [0, 0.1) is 6.08 Å². The fraction of sp³-hybridized carbons (Fsp3) is 0.250. The normalized spacial score (nSPS) is 5.70. The van der Waals surface area contributed by atoms with Gasteiger partial charge in [0.1, 0.15) is 7.85 Å². The van der Waals surface area contributed by atoms with Crippen molar-refractivity contribution in [1.29, 1.82) is 0 Å². The molecule has 0 N–H and O–H groups in total. The zero-order chi connectivity index (χ0) is 4.99. The molecule has 0 aliphatic carbocycles. The zero-order valence-electron chi connectivity index (χ0n) is 5.87. The molecule has 0 aliphatic heterocycles. The van der Waals surface area contributed by atoms with Crippen molar-refractivity contribution in [1.82, 2.24) is 0 Å². The Bertz CT molecular complexity index is 85.3. The number of carbonyl (C=O) groups is 1. The Hall–Kier alpha value is 3.89. The minimum absolute atomic E-state index is 0. The van der Waals surface area contributed by atoms with E-state index in [2.05, 4.69) is 13.9 Å². The van der Waals surface area contributed by atoms with Crippen LogP contribution in [-0.4, -0.2) is 13.5 Å². The van der Waals surface area contributed by atoms with Gasteiger partial charge in [-0.05, 0) is 0 Å². The molecule has 10 heavy (non-hydrogen) atoms. The van der Waals surface area contributed by atoms with E-state index in [1.165, 1.54) is 6.08 Å². The van der Waals surface area contributed by atoms with Crippen LogP contribution in [0.2, 0.25) is 0 Å². The zero-order valence-corrected chi connectivity index (χ0v) is 17.2.